The number of benzene rings is 1. The van der Waals surface area contributed by atoms with Crippen LogP contribution in [0.3, 0.4) is 0 Å². The predicted molar refractivity (Wildman–Crippen MR) is 53.4 cm³/mol. The van der Waals surface area contributed by atoms with Crippen LogP contribution in [0.1, 0.15) is 5.56 Å². The van der Waals surface area contributed by atoms with E-state index in [0.717, 1.165) is 0 Å². The SMILES string of the molecule is N[C@H](Cc1cc(F)cc(Br)c1)C(=O)O. The molecule has 0 heterocycles. The summed E-state index contributed by atoms with van der Waals surface area (Å²) in [5, 5.41) is 8.55. The highest BCUT2D eigenvalue weighted by atomic mass is 79.9. The molecule has 5 heteroatoms. The molecule has 1 rings (SSSR count). The topological polar surface area (TPSA) is 63.3 Å². The van der Waals surface area contributed by atoms with Crippen molar-refractivity contribution < 1.29 is 14.3 Å². The lowest BCUT2D eigenvalue weighted by Gasteiger charge is -2.06. The van der Waals surface area contributed by atoms with Crippen LogP contribution < -0.4 is 5.73 Å². The first-order chi connectivity index (χ1) is 6.49. The molecule has 1 aromatic carbocycles. The fourth-order valence-corrected chi connectivity index (χ4v) is 1.58. The Bertz CT molecular complexity index is 336. The molecule has 0 aromatic heterocycles. The Morgan fingerprint density at radius 3 is 2.71 bits per heavy atom. The van der Waals surface area contributed by atoms with Crippen LogP contribution in [-0.2, 0) is 11.2 Å². The molecule has 76 valence electrons. The molecule has 0 aliphatic heterocycles. The summed E-state index contributed by atoms with van der Waals surface area (Å²) in [7, 11) is 0. The normalized spacial score (nSPS) is 12.5. The lowest BCUT2D eigenvalue weighted by atomic mass is 10.1. The third kappa shape index (κ3) is 3.08. The number of carboxylic acid groups (broad SMARTS) is 1. The van der Waals surface area contributed by atoms with Gasteiger partial charge in [-0.3, -0.25) is 4.79 Å². The van der Waals surface area contributed by atoms with Gasteiger partial charge < -0.3 is 10.8 Å². The largest absolute Gasteiger partial charge is 0.480 e. The van der Waals surface area contributed by atoms with Crippen molar-refractivity contribution in [3.05, 3.63) is 34.1 Å². The smallest absolute Gasteiger partial charge is 0.320 e. The Morgan fingerprint density at radius 2 is 2.21 bits per heavy atom. The minimum Gasteiger partial charge on any atom is -0.480 e. The monoisotopic (exact) mass is 261 g/mol. The molecule has 3 N–H and O–H groups in total. The minimum atomic E-state index is -1.09. The predicted octanol–water partition coefficient (Wildman–Crippen LogP) is 1.54. The second-order valence-electron chi connectivity index (χ2n) is 2.93. The van der Waals surface area contributed by atoms with Gasteiger partial charge in [-0.15, -0.1) is 0 Å². The zero-order chi connectivity index (χ0) is 10.7. The molecular weight excluding hydrogens is 253 g/mol. The standard InChI is InChI=1S/C9H9BrFNO2/c10-6-1-5(2-7(11)4-6)3-8(12)9(13)14/h1-2,4,8H,3,12H2,(H,13,14)/t8-/m1/s1. The van der Waals surface area contributed by atoms with Gasteiger partial charge in [0.1, 0.15) is 11.9 Å². The van der Waals surface area contributed by atoms with Crippen LogP contribution in [0.15, 0.2) is 22.7 Å². The molecule has 0 saturated carbocycles. The summed E-state index contributed by atoms with van der Waals surface area (Å²) in [6, 6.07) is 3.22. The summed E-state index contributed by atoms with van der Waals surface area (Å²) in [6.45, 7) is 0. The van der Waals surface area contributed by atoms with Gasteiger partial charge in [0.05, 0.1) is 0 Å². The van der Waals surface area contributed by atoms with Crippen LogP contribution >= 0.6 is 15.9 Å². The molecule has 0 saturated heterocycles. The van der Waals surface area contributed by atoms with E-state index in [0.29, 0.717) is 10.0 Å². The fraction of sp³-hybridized carbons (Fsp3) is 0.222. The van der Waals surface area contributed by atoms with Crippen LogP contribution in [0.25, 0.3) is 0 Å². The number of carboxylic acids is 1. The highest BCUT2D eigenvalue weighted by molar-refractivity contribution is 9.10. The summed E-state index contributed by atoms with van der Waals surface area (Å²) >= 11 is 3.11. The van der Waals surface area contributed by atoms with Crippen molar-refractivity contribution >= 4 is 21.9 Å². The summed E-state index contributed by atoms with van der Waals surface area (Å²) in [4.78, 5) is 10.4. The van der Waals surface area contributed by atoms with Crippen molar-refractivity contribution in [1.29, 1.82) is 0 Å². The summed E-state index contributed by atoms with van der Waals surface area (Å²) in [5.41, 5.74) is 5.87. The molecule has 0 unspecified atom stereocenters. The molecule has 0 aliphatic rings. The molecule has 0 fully saturated rings. The first kappa shape index (κ1) is 11.1. The number of rotatable bonds is 3. The second-order valence-corrected chi connectivity index (χ2v) is 3.84. The van der Waals surface area contributed by atoms with Crippen molar-refractivity contribution in [1.82, 2.24) is 0 Å². The fourth-order valence-electron chi connectivity index (χ4n) is 1.07. The zero-order valence-corrected chi connectivity index (χ0v) is 8.79. The number of nitrogens with two attached hydrogens (primary N) is 1. The van der Waals surface area contributed by atoms with E-state index >= 15 is 0 Å². The Labute approximate surface area is 88.9 Å². The number of carbonyl (C=O) groups is 1. The van der Waals surface area contributed by atoms with Gasteiger partial charge in [0.15, 0.2) is 0 Å². The van der Waals surface area contributed by atoms with Gasteiger partial charge in [0.2, 0.25) is 0 Å². The number of halogens is 2. The molecule has 0 aliphatic carbocycles. The molecule has 0 bridgehead atoms. The van der Waals surface area contributed by atoms with Crippen molar-refractivity contribution in [3.63, 3.8) is 0 Å². The molecule has 1 aromatic rings. The average molecular weight is 262 g/mol. The molecule has 3 nitrogen and oxygen atoms in total. The van der Waals surface area contributed by atoms with Gasteiger partial charge in [-0.1, -0.05) is 15.9 Å². The van der Waals surface area contributed by atoms with Crippen molar-refractivity contribution in [3.8, 4) is 0 Å². The van der Waals surface area contributed by atoms with Gasteiger partial charge in [-0.05, 0) is 30.2 Å². The molecular formula is C9H9BrFNO2. The summed E-state index contributed by atoms with van der Waals surface area (Å²) < 4.78 is 13.4. The average Bonchev–Trinajstić information content (AvgIpc) is 2.01. The maximum Gasteiger partial charge on any atom is 0.320 e. The minimum absolute atomic E-state index is 0.117. The lowest BCUT2D eigenvalue weighted by Crippen LogP contribution is -2.32. The second kappa shape index (κ2) is 4.52. The van der Waals surface area contributed by atoms with Crippen LogP contribution in [0.2, 0.25) is 0 Å². The number of hydrogen-bond donors (Lipinski definition) is 2. The maximum atomic E-state index is 12.9. The zero-order valence-electron chi connectivity index (χ0n) is 7.21. The number of aliphatic carboxylic acids is 1. The van der Waals surface area contributed by atoms with Gasteiger partial charge in [0, 0.05) is 4.47 Å². The van der Waals surface area contributed by atoms with Gasteiger partial charge >= 0.3 is 5.97 Å². The van der Waals surface area contributed by atoms with Crippen LogP contribution in [-0.4, -0.2) is 17.1 Å². The van der Waals surface area contributed by atoms with E-state index in [9.17, 15) is 9.18 Å². The lowest BCUT2D eigenvalue weighted by molar-refractivity contribution is -0.138. The van der Waals surface area contributed by atoms with Gasteiger partial charge in [-0.25, -0.2) is 4.39 Å². The summed E-state index contributed by atoms with van der Waals surface area (Å²) in [6.07, 6.45) is 0.117. The molecule has 1 atom stereocenters. The third-order valence-electron chi connectivity index (χ3n) is 1.70. The van der Waals surface area contributed by atoms with E-state index < -0.39 is 17.8 Å². The molecule has 14 heavy (non-hydrogen) atoms. The highest BCUT2D eigenvalue weighted by Crippen LogP contribution is 2.15. The van der Waals surface area contributed by atoms with E-state index in [-0.39, 0.29) is 6.42 Å². The van der Waals surface area contributed by atoms with Crippen molar-refractivity contribution in [2.75, 3.05) is 0 Å². The first-order valence-corrected chi connectivity index (χ1v) is 4.71. The number of hydrogen-bond acceptors (Lipinski definition) is 2. The maximum absolute atomic E-state index is 12.9. The van der Waals surface area contributed by atoms with Crippen molar-refractivity contribution in [2.45, 2.75) is 12.5 Å². The molecule has 0 amide bonds. The Balaban J connectivity index is 2.81. The quantitative estimate of drug-likeness (QED) is 0.868. The molecule has 0 spiro atoms. The third-order valence-corrected chi connectivity index (χ3v) is 2.15. The van der Waals surface area contributed by atoms with E-state index in [1.54, 1.807) is 6.07 Å². The summed E-state index contributed by atoms with van der Waals surface area (Å²) in [5.74, 6) is -1.50. The van der Waals surface area contributed by atoms with Gasteiger partial charge in [0.25, 0.3) is 0 Å². The van der Waals surface area contributed by atoms with Crippen LogP contribution in [0.4, 0.5) is 4.39 Å². The van der Waals surface area contributed by atoms with E-state index in [1.807, 2.05) is 0 Å². The Morgan fingerprint density at radius 1 is 1.57 bits per heavy atom. The Kier molecular flexibility index (Phi) is 3.60. The van der Waals surface area contributed by atoms with E-state index in [4.69, 9.17) is 10.8 Å². The first-order valence-electron chi connectivity index (χ1n) is 3.92. The van der Waals surface area contributed by atoms with Crippen molar-refractivity contribution in [2.24, 2.45) is 5.73 Å². The van der Waals surface area contributed by atoms with Crippen LogP contribution in [0.5, 0.6) is 0 Å². The Hall–Kier alpha value is -0.940. The van der Waals surface area contributed by atoms with Gasteiger partial charge in [-0.2, -0.15) is 0 Å². The molecule has 0 radical (unpaired) electrons. The van der Waals surface area contributed by atoms with E-state index in [2.05, 4.69) is 15.9 Å². The van der Waals surface area contributed by atoms with E-state index in [1.165, 1.54) is 12.1 Å². The van der Waals surface area contributed by atoms with Crippen LogP contribution in [0, 0.1) is 5.82 Å². The highest BCUT2D eigenvalue weighted by Gasteiger charge is 2.12.